The number of hydrogen-bond donors (Lipinski definition) is 1. The molecule has 1 aliphatic rings. The summed E-state index contributed by atoms with van der Waals surface area (Å²) in [4.78, 5) is 24.4. The van der Waals surface area contributed by atoms with Gasteiger partial charge < -0.3 is 10.6 Å². The number of carbonyl (C=O) groups excluding carboxylic acids is 1. The van der Waals surface area contributed by atoms with Crippen LogP contribution in [0, 0.1) is 16.0 Å². The maximum atomic E-state index is 12.4. The van der Waals surface area contributed by atoms with Gasteiger partial charge in [0.25, 0.3) is 11.6 Å². The number of amides is 1. The number of nitrogen functional groups attached to an aromatic ring is 1. The molecule has 1 fully saturated rings. The van der Waals surface area contributed by atoms with Gasteiger partial charge in [0, 0.05) is 24.7 Å². The lowest BCUT2D eigenvalue weighted by Gasteiger charge is -2.32. The van der Waals surface area contributed by atoms with Crippen molar-refractivity contribution >= 4 is 17.3 Å². The highest BCUT2D eigenvalue weighted by Gasteiger charge is 2.24. The number of nitrogens with two attached hydrogens (primary N) is 1. The molecule has 0 aliphatic carbocycles. The third-order valence-electron chi connectivity index (χ3n) is 4.07. The van der Waals surface area contributed by atoms with Crippen LogP contribution >= 0.6 is 0 Å². The molecule has 21 heavy (non-hydrogen) atoms. The summed E-state index contributed by atoms with van der Waals surface area (Å²) in [7, 11) is 0. The molecule has 2 rings (SSSR count). The third kappa shape index (κ3) is 3.51. The first-order valence-corrected chi connectivity index (χ1v) is 7.36. The summed E-state index contributed by atoms with van der Waals surface area (Å²) < 4.78 is 0. The Balaban J connectivity index is 2.04. The number of likely N-dealkylation sites (tertiary alicyclic amines) is 1. The molecule has 1 aromatic carbocycles. The average Bonchev–Trinajstić information content (AvgIpc) is 2.47. The van der Waals surface area contributed by atoms with E-state index in [-0.39, 0.29) is 17.3 Å². The zero-order valence-corrected chi connectivity index (χ0v) is 12.2. The van der Waals surface area contributed by atoms with Crippen LogP contribution in [0.3, 0.4) is 0 Å². The van der Waals surface area contributed by atoms with Gasteiger partial charge in [-0.2, -0.15) is 0 Å². The first-order valence-electron chi connectivity index (χ1n) is 7.36. The Hall–Kier alpha value is -2.11. The first kappa shape index (κ1) is 15.3. The first-order chi connectivity index (χ1) is 10.0. The molecule has 0 unspecified atom stereocenters. The lowest BCUT2D eigenvalue weighted by molar-refractivity contribution is -0.383. The van der Waals surface area contributed by atoms with Gasteiger partial charge in [-0.1, -0.05) is 19.8 Å². The molecule has 1 amide bonds. The van der Waals surface area contributed by atoms with Gasteiger partial charge in [-0.05, 0) is 30.9 Å². The highest BCUT2D eigenvalue weighted by atomic mass is 16.6. The Morgan fingerprint density at radius 2 is 2.10 bits per heavy atom. The zero-order chi connectivity index (χ0) is 15.4. The minimum absolute atomic E-state index is 0.0340. The molecule has 6 nitrogen and oxygen atoms in total. The molecule has 1 aliphatic heterocycles. The van der Waals surface area contributed by atoms with Crippen molar-refractivity contribution in [2.75, 3.05) is 18.8 Å². The van der Waals surface area contributed by atoms with Crippen molar-refractivity contribution in [3.8, 4) is 0 Å². The zero-order valence-electron chi connectivity index (χ0n) is 12.2. The molecule has 1 aromatic rings. The van der Waals surface area contributed by atoms with Gasteiger partial charge in [-0.15, -0.1) is 0 Å². The summed E-state index contributed by atoms with van der Waals surface area (Å²) in [6.07, 6.45) is 4.45. The summed E-state index contributed by atoms with van der Waals surface area (Å²) in [6.45, 7) is 3.68. The third-order valence-corrected chi connectivity index (χ3v) is 4.07. The van der Waals surface area contributed by atoms with Crippen LogP contribution in [-0.4, -0.2) is 28.8 Å². The van der Waals surface area contributed by atoms with Crippen molar-refractivity contribution in [3.63, 3.8) is 0 Å². The van der Waals surface area contributed by atoms with Gasteiger partial charge in [0.2, 0.25) is 0 Å². The second-order valence-electron chi connectivity index (χ2n) is 5.55. The van der Waals surface area contributed by atoms with Crippen LogP contribution in [0.25, 0.3) is 0 Å². The van der Waals surface area contributed by atoms with Crippen molar-refractivity contribution < 1.29 is 9.72 Å². The van der Waals surface area contributed by atoms with E-state index in [1.807, 2.05) is 4.90 Å². The fraction of sp³-hybridized carbons (Fsp3) is 0.533. The van der Waals surface area contributed by atoms with E-state index in [9.17, 15) is 14.9 Å². The highest BCUT2D eigenvalue weighted by Crippen LogP contribution is 2.25. The second-order valence-corrected chi connectivity index (χ2v) is 5.55. The summed E-state index contributed by atoms with van der Waals surface area (Å²) in [5.74, 6) is 0.618. The molecule has 0 atom stereocenters. The number of anilines is 1. The molecule has 0 spiro atoms. The summed E-state index contributed by atoms with van der Waals surface area (Å²) in [6, 6.07) is 4.18. The van der Waals surface area contributed by atoms with Crippen LogP contribution in [0.4, 0.5) is 11.4 Å². The monoisotopic (exact) mass is 291 g/mol. The maximum absolute atomic E-state index is 12.4. The van der Waals surface area contributed by atoms with Crippen molar-refractivity contribution in [1.29, 1.82) is 0 Å². The minimum atomic E-state index is -0.542. The number of nitrogens with zero attached hydrogens (tertiary/aromatic N) is 2. The number of nitro benzene ring substituents is 1. The summed E-state index contributed by atoms with van der Waals surface area (Å²) in [5.41, 5.74) is 5.94. The van der Waals surface area contributed by atoms with Crippen molar-refractivity contribution in [2.45, 2.75) is 32.6 Å². The van der Waals surface area contributed by atoms with Crippen LogP contribution in [0.5, 0.6) is 0 Å². The number of piperidine rings is 1. The van der Waals surface area contributed by atoms with E-state index in [0.717, 1.165) is 25.9 Å². The fourth-order valence-electron chi connectivity index (χ4n) is 2.87. The van der Waals surface area contributed by atoms with Gasteiger partial charge in [0.05, 0.1) is 4.92 Å². The number of carbonyl (C=O) groups is 1. The fourth-order valence-corrected chi connectivity index (χ4v) is 2.87. The van der Waals surface area contributed by atoms with Gasteiger partial charge >= 0.3 is 0 Å². The predicted molar refractivity (Wildman–Crippen MR) is 81.0 cm³/mol. The van der Waals surface area contributed by atoms with Crippen molar-refractivity contribution in [1.82, 2.24) is 4.90 Å². The Morgan fingerprint density at radius 3 is 2.62 bits per heavy atom. The number of benzene rings is 1. The molecule has 0 radical (unpaired) electrons. The highest BCUT2D eigenvalue weighted by molar-refractivity contribution is 5.95. The van der Waals surface area contributed by atoms with E-state index in [2.05, 4.69) is 6.92 Å². The van der Waals surface area contributed by atoms with E-state index in [1.165, 1.54) is 31.0 Å². The van der Waals surface area contributed by atoms with Crippen molar-refractivity contribution in [3.05, 3.63) is 33.9 Å². The number of rotatable bonds is 4. The second kappa shape index (κ2) is 6.56. The van der Waals surface area contributed by atoms with Gasteiger partial charge in [-0.25, -0.2) is 0 Å². The van der Waals surface area contributed by atoms with Crippen LogP contribution < -0.4 is 5.73 Å². The minimum Gasteiger partial charge on any atom is -0.393 e. The van der Waals surface area contributed by atoms with Crippen LogP contribution in [0.2, 0.25) is 0 Å². The van der Waals surface area contributed by atoms with Gasteiger partial charge in [0.1, 0.15) is 5.69 Å². The summed E-state index contributed by atoms with van der Waals surface area (Å²) >= 11 is 0. The maximum Gasteiger partial charge on any atom is 0.292 e. The normalized spacial score (nSPS) is 16.0. The molecule has 0 saturated carbocycles. The Morgan fingerprint density at radius 1 is 1.43 bits per heavy atom. The summed E-state index contributed by atoms with van der Waals surface area (Å²) in [5, 5.41) is 10.7. The predicted octanol–water partition coefficient (Wildman–Crippen LogP) is 2.83. The Labute approximate surface area is 124 Å². The quantitative estimate of drug-likeness (QED) is 0.524. The molecular formula is C15H21N3O3. The molecule has 2 N–H and O–H groups in total. The van der Waals surface area contributed by atoms with Crippen LogP contribution in [0.1, 0.15) is 43.0 Å². The Bertz CT molecular complexity index is 537. The van der Waals surface area contributed by atoms with Crippen LogP contribution in [0.15, 0.2) is 18.2 Å². The molecule has 6 heteroatoms. The van der Waals surface area contributed by atoms with E-state index in [4.69, 9.17) is 5.73 Å². The smallest absolute Gasteiger partial charge is 0.292 e. The van der Waals surface area contributed by atoms with E-state index < -0.39 is 4.92 Å². The van der Waals surface area contributed by atoms with Gasteiger partial charge in [0.15, 0.2) is 0 Å². The number of hydrogen-bond acceptors (Lipinski definition) is 4. The van der Waals surface area contributed by atoms with Gasteiger partial charge in [-0.3, -0.25) is 14.9 Å². The van der Waals surface area contributed by atoms with Crippen molar-refractivity contribution in [2.24, 2.45) is 5.92 Å². The molecule has 1 saturated heterocycles. The molecule has 0 bridgehead atoms. The lowest BCUT2D eigenvalue weighted by Crippen LogP contribution is -2.38. The van der Waals surface area contributed by atoms with E-state index in [1.54, 1.807) is 0 Å². The largest absolute Gasteiger partial charge is 0.393 e. The molecule has 114 valence electrons. The van der Waals surface area contributed by atoms with E-state index in [0.29, 0.717) is 11.5 Å². The standard InChI is InChI=1S/C15H21N3O3/c1-2-3-11-6-8-17(9-7-11)15(19)12-4-5-14(18(20)21)13(16)10-12/h4-5,10-11H,2-3,6-9,16H2,1H3. The number of nitro groups is 1. The molecule has 0 aromatic heterocycles. The molecule has 1 heterocycles. The molecular weight excluding hydrogens is 270 g/mol. The lowest BCUT2D eigenvalue weighted by atomic mass is 9.92. The topological polar surface area (TPSA) is 89.5 Å². The average molecular weight is 291 g/mol. The SMILES string of the molecule is CCCC1CCN(C(=O)c2ccc([N+](=O)[O-])c(N)c2)CC1. The van der Waals surface area contributed by atoms with Crippen LogP contribution in [-0.2, 0) is 0 Å². The van der Waals surface area contributed by atoms with E-state index >= 15 is 0 Å². The Kier molecular flexibility index (Phi) is 4.77.